The summed E-state index contributed by atoms with van der Waals surface area (Å²) in [6.07, 6.45) is 56.6. The Hall–Kier alpha value is -2.43. The van der Waals surface area contributed by atoms with Gasteiger partial charge in [-0.1, -0.05) is 176 Å². The fourth-order valence-electron chi connectivity index (χ4n) is 5.40. The van der Waals surface area contributed by atoms with Gasteiger partial charge in [0.1, 0.15) is 0 Å². The Balaban J connectivity index is 3.61. The quantitative estimate of drug-likeness (QED) is 0.0473. The predicted octanol–water partition coefficient (Wildman–Crippen LogP) is 12.1. The van der Waals surface area contributed by atoms with Crippen LogP contribution in [-0.2, 0) is 4.79 Å². The van der Waals surface area contributed by atoms with Gasteiger partial charge in [-0.05, 0) is 70.6 Å². The van der Waals surface area contributed by atoms with E-state index in [9.17, 15) is 15.0 Å². The molecule has 0 aliphatic rings. The lowest BCUT2D eigenvalue weighted by molar-refractivity contribution is -0.123. The van der Waals surface area contributed by atoms with Gasteiger partial charge in [-0.2, -0.15) is 0 Å². The molecule has 0 rings (SSSR count). The second kappa shape index (κ2) is 39.0. The lowest BCUT2D eigenvalue weighted by Crippen LogP contribution is -2.45. The average Bonchev–Trinajstić information content (AvgIpc) is 3.09. The molecule has 0 aliphatic carbocycles. The van der Waals surface area contributed by atoms with Crippen LogP contribution in [0.2, 0.25) is 0 Å². The number of aliphatic hydroxyl groups excluding tert-OH is 2. The van der Waals surface area contributed by atoms with E-state index in [0.717, 1.165) is 83.5 Å². The molecule has 0 fully saturated rings. The minimum Gasteiger partial charge on any atom is -0.394 e. The molecule has 4 nitrogen and oxygen atoms in total. The molecule has 0 saturated carbocycles. The second-order valence-corrected chi connectivity index (χ2v) is 13.0. The SMILES string of the molecule is CC/C=C\C/C=C\C/C=C\C/C=C\C/C=C\C/C=C\C/C=C\CCCCCCCCCC(=O)NC(CO)C(O)CCCCCCCCC. The number of amides is 1. The van der Waals surface area contributed by atoms with Crippen LogP contribution in [0.1, 0.15) is 168 Å². The van der Waals surface area contributed by atoms with Gasteiger partial charge in [-0.15, -0.1) is 0 Å². The molecule has 0 aliphatic heterocycles. The molecular formula is C44H75NO3. The maximum Gasteiger partial charge on any atom is 0.220 e. The first-order valence-corrected chi connectivity index (χ1v) is 19.8. The Morgan fingerprint density at radius 3 is 1.38 bits per heavy atom. The maximum atomic E-state index is 12.3. The fourth-order valence-corrected chi connectivity index (χ4v) is 5.40. The van der Waals surface area contributed by atoms with Crippen LogP contribution in [0, 0.1) is 0 Å². The first-order valence-electron chi connectivity index (χ1n) is 19.8. The van der Waals surface area contributed by atoms with E-state index >= 15 is 0 Å². The highest BCUT2D eigenvalue weighted by molar-refractivity contribution is 5.76. The van der Waals surface area contributed by atoms with Crippen molar-refractivity contribution in [3.8, 4) is 0 Å². The van der Waals surface area contributed by atoms with Crippen LogP contribution < -0.4 is 5.32 Å². The zero-order chi connectivity index (χ0) is 35.0. The van der Waals surface area contributed by atoms with Gasteiger partial charge in [0, 0.05) is 6.42 Å². The van der Waals surface area contributed by atoms with Gasteiger partial charge in [0.25, 0.3) is 0 Å². The summed E-state index contributed by atoms with van der Waals surface area (Å²) in [5.41, 5.74) is 0. The Morgan fingerprint density at radius 1 is 0.521 bits per heavy atom. The monoisotopic (exact) mass is 666 g/mol. The largest absolute Gasteiger partial charge is 0.394 e. The standard InChI is InChI=1S/C44H75NO3/c1-3-5-7-9-11-12-13-14-15-16-17-18-19-20-21-22-23-24-25-26-27-28-29-30-31-32-34-36-38-40-44(48)45-42(41-46)43(47)39-37-35-33-10-8-6-4-2/h5,7,11-12,14-15,17-18,20-21,23-24,26-27,42-43,46-47H,3-4,6,8-10,13,16,19,22,25,28-41H2,1-2H3,(H,45,48)/b7-5-,12-11-,15-14-,18-17-,21-20-,24-23-,27-26-. The van der Waals surface area contributed by atoms with Crippen molar-refractivity contribution in [3.63, 3.8) is 0 Å². The number of rotatable bonds is 34. The summed E-state index contributed by atoms with van der Waals surface area (Å²) in [5.74, 6) is -0.0523. The number of unbranched alkanes of at least 4 members (excludes halogenated alkanes) is 13. The van der Waals surface area contributed by atoms with Crippen LogP contribution in [0.25, 0.3) is 0 Å². The number of allylic oxidation sites excluding steroid dienone is 14. The van der Waals surface area contributed by atoms with Crippen molar-refractivity contribution in [1.82, 2.24) is 5.32 Å². The lowest BCUT2D eigenvalue weighted by atomic mass is 10.0. The Labute approximate surface area is 297 Å². The van der Waals surface area contributed by atoms with E-state index in [4.69, 9.17) is 0 Å². The topological polar surface area (TPSA) is 69.6 Å². The number of nitrogens with one attached hydrogen (secondary N) is 1. The van der Waals surface area contributed by atoms with Crippen LogP contribution in [0.15, 0.2) is 85.1 Å². The van der Waals surface area contributed by atoms with E-state index in [1.165, 1.54) is 57.8 Å². The molecule has 48 heavy (non-hydrogen) atoms. The highest BCUT2D eigenvalue weighted by Gasteiger charge is 2.19. The van der Waals surface area contributed by atoms with Gasteiger partial charge in [0.2, 0.25) is 5.91 Å². The first-order chi connectivity index (χ1) is 23.7. The smallest absolute Gasteiger partial charge is 0.220 e. The summed E-state index contributed by atoms with van der Waals surface area (Å²) >= 11 is 0. The zero-order valence-corrected chi connectivity index (χ0v) is 31.2. The van der Waals surface area contributed by atoms with E-state index in [1.807, 2.05) is 0 Å². The van der Waals surface area contributed by atoms with Crippen LogP contribution in [0.3, 0.4) is 0 Å². The van der Waals surface area contributed by atoms with Crippen molar-refractivity contribution in [1.29, 1.82) is 0 Å². The molecule has 0 heterocycles. The molecule has 0 saturated heterocycles. The zero-order valence-electron chi connectivity index (χ0n) is 31.2. The third-order valence-electron chi connectivity index (χ3n) is 8.42. The van der Waals surface area contributed by atoms with Crippen LogP contribution in [0.5, 0.6) is 0 Å². The summed E-state index contributed by atoms with van der Waals surface area (Å²) in [4.78, 5) is 12.3. The number of carbonyl (C=O) groups excluding carboxylic acids is 1. The minimum atomic E-state index is -0.666. The summed E-state index contributed by atoms with van der Waals surface area (Å²) < 4.78 is 0. The van der Waals surface area contributed by atoms with Crippen molar-refractivity contribution in [2.45, 2.75) is 180 Å². The molecule has 2 unspecified atom stereocenters. The van der Waals surface area contributed by atoms with E-state index < -0.39 is 12.1 Å². The lowest BCUT2D eigenvalue weighted by Gasteiger charge is -2.22. The van der Waals surface area contributed by atoms with Crippen LogP contribution in [-0.4, -0.2) is 34.9 Å². The molecule has 0 aromatic rings. The van der Waals surface area contributed by atoms with Crippen LogP contribution >= 0.6 is 0 Å². The Kier molecular flexibility index (Phi) is 37.0. The van der Waals surface area contributed by atoms with Crippen LogP contribution in [0.4, 0.5) is 0 Å². The van der Waals surface area contributed by atoms with E-state index in [2.05, 4.69) is 104 Å². The molecule has 2 atom stereocenters. The van der Waals surface area contributed by atoms with Crippen molar-refractivity contribution in [3.05, 3.63) is 85.1 Å². The summed E-state index contributed by atoms with van der Waals surface area (Å²) in [6, 6.07) is -0.544. The molecule has 0 radical (unpaired) electrons. The van der Waals surface area contributed by atoms with E-state index in [-0.39, 0.29) is 12.5 Å². The molecule has 0 spiro atoms. The van der Waals surface area contributed by atoms with Gasteiger partial charge in [0.15, 0.2) is 0 Å². The molecule has 0 aromatic carbocycles. The van der Waals surface area contributed by atoms with Gasteiger partial charge in [-0.3, -0.25) is 4.79 Å². The third kappa shape index (κ3) is 34.9. The van der Waals surface area contributed by atoms with Crippen molar-refractivity contribution in [2.24, 2.45) is 0 Å². The number of carbonyl (C=O) groups is 1. The molecular weight excluding hydrogens is 590 g/mol. The second-order valence-electron chi connectivity index (χ2n) is 13.0. The molecule has 1 amide bonds. The highest BCUT2D eigenvalue weighted by atomic mass is 16.3. The fraction of sp³-hybridized carbons (Fsp3) is 0.659. The van der Waals surface area contributed by atoms with Gasteiger partial charge >= 0.3 is 0 Å². The van der Waals surface area contributed by atoms with Gasteiger partial charge in [-0.25, -0.2) is 0 Å². The Morgan fingerprint density at radius 2 is 0.917 bits per heavy atom. The third-order valence-corrected chi connectivity index (χ3v) is 8.42. The summed E-state index contributed by atoms with van der Waals surface area (Å²) in [5, 5.41) is 22.9. The number of hydrogen-bond donors (Lipinski definition) is 3. The van der Waals surface area contributed by atoms with Crippen molar-refractivity contribution < 1.29 is 15.0 Å². The predicted molar refractivity (Wildman–Crippen MR) is 211 cm³/mol. The maximum absolute atomic E-state index is 12.3. The normalized spacial score (nSPS) is 14.0. The van der Waals surface area contributed by atoms with Gasteiger partial charge in [0.05, 0.1) is 18.8 Å². The minimum absolute atomic E-state index is 0.0523. The van der Waals surface area contributed by atoms with E-state index in [1.54, 1.807) is 0 Å². The van der Waals surface area contributed by atoms with Crippen molar-refractivity contribution >= 4 is 5.91 Å². The molecule has 0 aromatic heterocycles. The first kappa shape index (κ1) is 45.6. The average molecular weight is 666 g/mol. The molecule has 0 bridgehead atoms. The highest BCUT2D eigenvalue weighted by Crippen LogP contribution is 2.13. The molecule has 4 heteroatoms. The van der Waals surface area contributed by atoms with E-state index in [0.29, 0.717) is 12.8 Å². The van der Waals surface area contributed by atoms with Gasteiger partial charge < -0.3 is 15.5 Å². The Bertz CT molecular complexity index is 895. The number of aliphatic hydroxyl groups is 2. The molecule has 3 N–H and O–H groups in total. The molecule has 274 valence electrons. The number of hydrogen-bond acceptors (Lipinski definition) is 3. The summed E-state index contributed by atoms with van der Waals surface area (Å²) in [6.45, 7) is 4.17. The van der Waals surface area contributed by atoms with Crippen molar-refractivity contribution in [2.75, 3.05) is 6.61 Å². The summed E-state index contributed by atoms with van der Waals surface area (Å²) in [7, 11) is 0.